The van der Waals surface area contributed by atoms with Gasteiger partial charge in [0.05, 0.1) is 10.8 Å². The van der Waals surface area contributed by atoms with E-state index in [9.17, 15) is 23.3 Å². The minimum atomic E-state index is -3.59. The number of piperidine rings is 1. The number of nitro benzene ring substituents is 1. The fourth-order valence-corrected chi connectivity index (χ4v) is 5.52. The first-order valence-corrected chi connectivity index (χ1v) is 10.3. The molecule has 2 aromatic rings. The molecule has 1 aliphatic heterocycles. The van der Waals surface area contributed by atoms with Gasteiger partial charge in [0.15, 0.2) is 0 Å². The summed E-state index contributed by atoms with van der Waals surface area (Å²) in [6.07, 6.45) is 1.15. The van der Waals surface area contributed by atoms with E-state index in [2.05, 4.69) is 5.32 Å². The van der Waals surface area contributed by atoms with Crippen molar-refractivity contribution in [3.63, 3.8) is 0 Å². The lowest BCUT2D eigenvalue weighted by Gasteiger charge is -2.30. The van der Waals surface area contributed by atoms with E-state index in [0.29, 0.717) is 25.1 Å². The molecule has 0 bridgehead atoms. The Morgan fingerprint density at radius 3 is 2.81 bits per heavy atom. The smallest absolute Gasteiger partial charge is 0.271 e. The first kappa shape index (κ1) is 18.5. The highest BCUT2D eigenvalue weighted by molar-refractivity contribution is 7.91. The highest BCUT2D eigenvalue weighted by Crippen LogP contribution is 2.27. The lowest BCUT2D eigenvalue weighted by atomic mass is 9.98. The van der Waals surface area contributed by atoms with Crippen molar-refractivity contribution < 1.29 is 18.1 Å². The maximum Gasteiger partial charge on any atom is 0.271 e. The van der Waals surface area contributed by atoms with Crippen molar-refractivity contribution in [3.8, 4) is 0 Å². The lowest BCUT2D eigenvalue weighted by Crippen LogP contribution is -2.43. The van der Waals surface area contributed by atoms with Gasteiger partial charge in [0.1, 0.15) is 4.21 Å². The van der Waals surface area contributed by atoms with Crippen LogP contribution in [0.1, 0.15) is 12.8 Å². The standard InChI is InChI=1S/C16H17N3O5S2/c20-16(17-13-5-1-6-14(10-13)19(21)22)12-4-2-8-18(11-12)26(23,24)15-7-3-9-25-15/h1,3,5-7,9-10,12H,2,4,8,11H2,(H,17,20). The maximum atomic E-state index is 12.6. The number of benzene rings is 1. The molecule has 1 aliphatic rings. The van der Waals surface area contributed by atoms with Gasteiger partial charge in [-0.05, 0) is 30.4 Å². The molecule has 1 aromatic heterocycles. The second-order valence-electron chi connectivity index (χ2n) is 5.93. The van der Waals surface area contributed by atoms with Crippen LogP contribution in [0.25, 0.3) is 0 Å². The Labute approximate surface area is 154 Å². The molecule has 0 aliphatic carbocycles. The third-order valence-electron chi connectivity index (χ3n) is 4.17. The normalized spacial score (nSPS) is 18.4. The molecule has 0 spiro atoms. The fraction of sp³-hybridized carbons (Fsp3) is 0.312. The predicted octanol–water partition coefficient (Wildman–Crippen LogP) is 2.70. The van der Waals surface area contributed by atoms with Crippen molar-refractivity contribution >= 4 is 38.6 Å². The van der Waals surface area contributed by atoms with Crippen LogP contribution in [-0.4, -0.2) is 36.6 Å². The molecule has 1 saturated heterocycles. The summed E-state index contributed by atoms with van der Waals surface area (Å²) in [4.78, 5) is 22.8. The number of sulfonamides is 1. The van der Waals surface area contributed by atoms with Gasteiger partial charge in [0, 0.05) is 30.9 Å². The molecule has 2 heterocycles. The first-order chi connectivity index (χ1) is 12.4. The Morgan fingerprint density at radius 1 is 1.31 bits per heavy atom. The van der Waals surface area contributed by atoms with Gasteiger partial charge in [-0.3, -0.25) is 14.9 Å². The van der Waals surface area contributed by atoms with Crippen LogP contribution in [0, 0.1) is 16.0 Å². The summed E-state index contributed by atoms with van der Waals surface area (Å²) in [6.45, 7) is 0.474. The van der Waals surface area contributed by atoms with Crippen LogP contribution in [0.2, 0.25) is 0 Å². The van der Waals surface area contributed by atoms with E-state index in [1.165, 1.54) is 22.5 Å². The number of hydrogen-bond acceptors (Lipinski definition) is 6. The van der Waals surface area contributed by atoms with Crippen molar-refractivity contribution in [2.24, 2.45) is 5.92 Å². The highest BCUT2D eigenvalue weighted by atomic mass is 32.2. The Bertz CT molecular complexity index is 912. The summed E-state index contributed by atoms with van der Waals surface area (Å²) >= 11 is 1.15. The molecule has 1 atom stereocenters. The third kappa shape index (κ3) is 3.92. The predicted molar refractivity (Wildman–Crippen MR) is 97.5 cm³/mol. The zero-order valence-corrected chi connectivity index (χ0v) is 15.3. The molecular formula is C16H17N3O5S2. The Hall–Kier alpha value is -2.30. The van der Waals surface area contributed by atoms with Gasteiger partial charge in [0.2, 0.25) is 5.91 Å². The second kappa shape index (κ2) is 7.52. The fourth-order valence-electron chi connectivity index (χ4n) is 2.85. The number of nitro groups is 1. The summed E-state index contributed by atoms with van der Waals surface area (Å²) in [5.41, 5.74) is 0.204. The number of hydrogen-bond donors (Lipinski definition) is 1. The monoisotopic (exact) mass is 395 g/mol. The van der Waals surface area contributed by atoms with Crippen molar-refractivity contribution in [2.45, 2.75) is 17.1 Å². The van der Waals surface area contributed by atoms with E-state index >= 15 is 0 Å². The number of amides is 1. The molecule has 1 unspecified atom stereocenters. The minimum Gasteiger partial charge on any atom is -0.326 e. The molecule has 1 amide bonds. The van der Waals surface area contributed by atoms with Gasteiger partial charge in [0.25, 0.3) is 15.7 Å². The third-order valence-corrected chi connectivity index (χ3v) is 7.41. The van der Waals surface area contributed by atoms with Gasteiger partial charge in [-0.1, -0.05) is 12.1 Å². The average molecular weight is 395 g/mol. The number of nitrogens with zero attached hydrogens (tertiary/aromatic N) is 2. The van der Waals surface area contributed by atoms with E-state index in [-0.39, 0.29) is 22.3 Å². The van der Waals surface area contributed by atoms with Crippen LogP contribution in [0.5, 0.6) is 0 Å². The first-order valence-electron chi connectivity index (χ1n) is 7.97. The molecule has 26 heavy (non-hydrogen) atoms. The minimum absolute atomic E-state index is 0.0982. The molecule has 0 radical (unpaired) electrons. The number of carbonyl (C=O) groups excluding carboxylic acids is 1. The zero-order valence-electron chi connectivity index (χ0n) is 13.7. The molecule has 10 heteroatoms. The molecule has 1 fully saturated rings. The summed E-state index contributed by atoms with van der Waals surface area (Å²) in [6, 6.07) is 8.89. The number of nitrogens with one attached hydrogen (secondary N) is 1. The molecule has 1 aromatic carbocycles. The van der Waals surface area contributed by atoms with Crippen molar-refractivity contribution in [1.82, 2.24) is 4.31 Å². The Balaban J connectivity index is 1.70. The van der Waals surface area contributed by atoms with Gasteiger partial charge in [-0.2, -0.15) is 4.31 Å². The quantitative estimate of drug-likeness (QED) is 0.618. The second-order valence-corrected chi connectivity index (χ2v) is 9.04. The Morgan fingerprint density at radius 2 is 2.12 bits per heavy atom. The van der Waals surface area contributed by atoms with Crippen LogP contribution in [0.3, 0.4) is 0 Å². The SMILES string of the molecule is O=C(Nc1cccc([N+](=O)[O-])c1)C1CCCN(S(=O)(=O)c2cccs2)C1. The average Bonchev–Trinajstić information content (AvgIpc) is 3.17. The topological polar surface area (TPSA) is 110 Å². The number of carbonyl (C=O) groups is 1. The summed E-state index contributed by atoms with van der Waals surface area (Å²) in [7, 11) is -3.59. The van der Waals surface area contributed by atoms with Crippen molar-refractivity contribution in [3.05, 3.63) is 51.9 Å². The van der Waals surface area contributed by atoms with Gasteiger partial charge >= 0.3 is 0 Å². The van der Waals surface area contributed by atoms with E-state index < -0.39 is 20.9 Å². The van der Waals surface area contributed by atoms with E-state index in [1.807, 2.05) is 0 Å². The van der Waals surface area contributed by atoms with Crippen LogP contribution in [0.15, 0.2) is 46.0 Å². The molecule has 3 rings (SSSR count). The Kier molecular flexibility index (Phi) is 5.35. The molecule has 138 valence electrons. The largest absolute Gasteiger partial charge is 0.326 e. The van der Waals surface area contributed by atoms with E-state index in [1.54, 1.807) is 23.6 Å². The summed E-state index contributed by atoms with van der Waals surface area (Å²) < 4.78 is 26.8. The molecular weight excluding hydrogens is 378 g/mol. The van der Waals surface area contributed by atoms with Gasteiger partial charge in [-0.25, -0.2) is 8.42 Å². The number of non-ortho nitro benzene ring substituents is 1. The van der Waals surface area contributed by atoms with Gasteiger partial charge in [-0.15, -0.1) is 11.3 Å². The maximum absolute atomic E-state index is 12.6. The number of thiophene rings is 1. The van der Waals surface area contributed by atoms with Crippen LogP contribution < -0.4 is 5.32 Å². The van der Waals surface area contributed by atoms with Crippen LogP contribution >= 0.6 is 11.3 Å². The molecule has 1 N–H and O–H groups in total. The zero-order chi connectivity index (χ0) is 18.7. The van der Waals surface area contributed by atoms with Crippen LogP contribution in [0.4, 0.5) is 11.4 Å². The summed E-state index contributed by atoms with van der Waals surface area (Å²) in [5.74, 6) is -0.839. The highest BCUT2D eigenvalue weighted by Gasteiger charge is 2.33. The van der Waals surface area contributed by atoms with Crippen LogP contribution in [-0.2, 0) is 14.8 Å². The lowest BCUT2D eigenvalue weighted by molar-refractivity contribution is -0.384. The van der Waals surface area contributed by atoms with E-state index in [0.717, 1.165) is 11.3 Å². The van der Waals surface area contributed by atoms with Gasteiger partial charge < -0.3 is 5.32 Å². The number of rotatable bonds is 5. The van der Waals surface area contributed by atoms with Crippen molar-refractivity contribution in [1.29, 1.82) is 0 Å². The number of anilines is 1. The molecule has 0 saturated carbocycles. The van der Waals surface area contributed by atoms with E-state index in [4.69, 9.17) is 0 Å². The van der Waals surface area contributed by atoms with Crippen molar-refractivity contribution in [2.75, 3.05) is 18.4 Å². The molecule has 8 nitrogen and oxygen atoms in total. The summed E-state index contributed by atoms with van der Waals surface area (Å²) in [5, 5.41) is 15.2.